The number of primary amides is 1. The molecule has 24 heavy (non-hydrogen) atoms. The molecule has 0 atom stereocenters. The fourth-order valence-corrected chi connectivity index (χ4v) is 2.72. The van der Waals surface area contributed by atoms with Crippen molar-refractivity contribution in [3.8, 4) is 0 Å². The van der Waals surface area contributed by atoms with Crippen LogP contribution in [-0.2, 0) is 16.0 Å². The summed E-state index contributed by atoms with van der Waals surface area (Å²) in [6.07, 6.45) is -0.0615. The van der Waals surface area contributed by atoms with Crippen LogP contribution in [0, 0.1) is 5.82 Å². The lowest BCUT2D eigenvalue weighted by atomic mass is 10.1. The van der Waals surface area contributed by atoms with E-state index in [4.69, 9.17) is 28.9 Å². The summed E-state index contributed by atoms with van der Waals surface area (Å²) in [5.41, 5.74) is 6.13. The van der Waals surface area contributed by atoms with Gasteiger partial charge < -0.3 is 10.6 Å². The lowest BCUT2D eigenvalue weighted by Gasteiger charge is -2.23. The number of halogens is 3. The molecule has 7 heteroatoms. The summed E-state index contributed by atoms with van der Waals surface area (Å²) in [5, 5.41) is 0.759. The van der Waals surface area contributed by atoms with Gasteiger partial charge in [-0.3, -0.25) is 9.59 Å². The Morgan fingerprint density at radius 1 is 1.04 bits per heavy atom. The minimum absolute atomic E-state index is 0.0145. The van der Waals surface area contributed by atoms with Gasteiger partial charge in [0.15, 0.2) is 0 Å². The third-order valence-corrected chi connectivity index (χ3v) is 4.12. The zero-order valence-corrected chi connectivity index (χ0v) is 14.1. The van der Waals surface area contributed by atoms with E-state index in [0.717, 1.165) is 0 Å². The van der Waals surface area contributed by atoms with Crippen LogP contribution in [0.1, 0.15) is 12.0 Å². The van der Waals surface area contributed by atoms with Crippen LogP contribution < -0.4 is 10.6 Å². The average Bonchev–Trinajstić information content (AvgIpc) is 2.52. The number of nitrogens with two attached hydrogens (primary N) is 1. The highest BCUT2D eigenvalue weighted by molar-refractivity contribution is 6.36. The topological polar surface area (TPSA) is 63.4 Å². The highest BCUT2D eigenvalue weighted by atomic mass is 35.5. The number of carbonyl (C=O) groups excluding carboxylic acids is 2. The van der Waals surface area contributed by atoms with Crippen molar-refractivity contribution in [3.05, 3.63) is 63.9 Å². The molecule has 0 aromatic heterocycles. The zero-order chi connectivity index (χ0) is 17.7. The first-order chi connectivity index (χ1) is 11.4. The van der Waals surface area contributed by atoms with Gasteiger partial charge in [-0.25, -0.2) is 4.39 Å². The molecule has 0 saturated carbocycles. The van der Waals surface area contributed by atoms with E-state index in [9.17, 15) is 14.0 Å². The van der Waals surface area contributed by atoms with E-state index in [1.807, 2.05) is 0 Å². The Labute approximate surface area is 149 Å². The van der Waals surface area contributed by atoms with Crippen molar-refractivity contribution in [1.82, 2.24) is 0 Å². The van der Waals surface area contributed by atoms with Gasteiger partial charge in [-0.05, 0) is 42.0 Å². The Balaban J connectivity index is 2.27. The maximum Gasteiger partial charge on any atom is 0.231 e. The largest absolute Gasteiger partial charge is 0.370 e. The smallest absolute Gasteiger partial charge is 0.231 e. The van der Waals surface area contributed by atoms with Gasteiger partial charge in [-0.2, -0.15) is 0 Å². The number of nitrogens with zero attached hydrogens (tertiary/aromatic N) is 1. The molecule has 2 aromatic carbocycles. The monoisotopic (exact) mass is 368 g/mol. The Hall–Kier alpha value is -2.11. The summed E-state index contributed by atoms with van der Waals surface area (Å²) in [6.45, 7) is 0.0852. The highest BCUT2D eigenvalue weighted by Gasteiger charge is 2.19. The minimum atomic E-state index is -0.536. The summed E-state index contributed by atoms with van der Waals surface area (Å²) in [7, 11) is 0. The molecule has 0 aliphatic carbocycles. The Kier molecular flexibility index (Phi) is 6.17. The Bertz CT molecular complexity index is 731. The van der Waals surface area contributed by atoms with Crippen molar-refractivity contribution in [1.29, 1.82) is 0 Å². The summed E-state index contributed by atoms with van der Waals surface area (Å²) >= 11 is 12.2. The SMILES string of the molecule is NC(=O)CCN(C(=O)Cc1c(Cl)cccc1Cl)c1ccc(F)cc1. The molecule has 2 aromatic rings. The predicted molar refractivity (Wildman–Crippen MR) is 92.7 cm³/mol. The minimum Gasteiger partial charge on any atom is -0.370 e. The molecule has 4 nitrogen and oxygen atoms in total. The molecule has 0 fully saturated rings. The number of carbonyl (C=O) groups is 2. The van der Waals surface area contributed by atoms with Gasteiger partial charge in [0, 0.05) is 28.7 Å². The van der Waals surface area contributed by atoms with Crippen LogP contribution >= 0.6 is 23.2 Å². The van der Waals surface area contributed by atoms with Crippen LogP contribution in [0.5, 0.6) is 0 Å². The zero-order valence-electron chi connectivity index (χ0n) is 12.6. The molecular weight excluding hydrogens is 354 g/mol. The van der Waals surface area contributed by atoms with Crippen LogP contribution in [0.4, 0.5) is 10.1 Å². The first kappa shape index (κ1) is 18.2. The molecule has 0 spiro atoms. The maximum atomic E-state index is 13.1. The number of benzene rings is 2. The average molecular weight is 369 g/mol. The second kappa shape index (κ2) is 8.13. The third-order valence-electron chi connectivity index (χ3n) is 3.41. The normalized spacial score (nSPS) is 10.5. The first-order valence-corrected chi connectivity index (χ1v) is 7.91. The molecule has 0 bridgehead atoms. The molecule has 2 rings (SSSR count). The van der Waals surface area contributed by atoms with E-state index >= 15 is 0 Å². The van der Waals surface area contributed by atoms with Crippen LogP contribution in [-0.4, -0.2) is 18.4 Å². The quantitative estimate of drug-likeness (QED) is 0.846. The molecule has 0 aliphatic heterocycles. The van der Waals surface area contributed by atoms with E-state index in [2.05, 4.69) is 0 Å². The molecule has 2 amide bonds. The van der Waals surface area contributed by atoms with Crippen LogP contribution in [0.2, 0.25) is 10.0 Å². The van der Waals surface area contributed by atoms with Crippen LogP contribution in [0.25, 0.3) is 0 Å². The molecule has 0 unspecified atom stereocenters. The van der Waals surface area contributed by atoms with Gasteiger partial charge in [0.2, 0.25) is 11.8 Å². The Morgan fingerprint density at radius 3 is 2.17 bits per heavy atom. The molecule has 0 radical (unpaired) electrons. The van der Waals surface area contributed by atoms with Crippen molar-refractivity contribution in [2.75, 3.05) is 11.4 Å². The summed E-state index contributed by atoms with van der Waals surface area (Å²) in [5.74, 6) is -1.28. The summed E-state index contributed by atoms with van der Waals surface area (Å²) < 4.78 is 13.1. The third kappa shape index (κ3) is 4.69. The van der Waals surface area contributed by atoms with Crippen molar-refractivity contribution in [3.63, 3.8) is 0 Å². The van der Waals surface area contributed by atoms with E-state index < -0.39 is 11.7 Å². The lowest BCUT2D eigenvalue weighted by molar-refractivity contribution is -0.118. The second-order valence-electron chi connectivity index (χ2n) is 5.12. The fraction of sp³-hybridized carbons (Fsp3) is 0.176. The highest BCUT2D eigenvalue weighted by Crippen LogP contribution is 2.26. The number of hydrogen-bond donors (Lipinski definition) is 1. The van der Waals surface area contributed by atoms with Gasteiger partial charge in [-0.1, -0.05) is 29.3 Å². The summed E-state index contributed by atoms with van der Waals surface area (Å²) in [6, 6.07) is 10.4. The fourth-order valence-electron chi connectivity index (χ4n) is 2.19. The Morgan fingerprint density at radius 2 is 1.62 bits per heavy atom. The number of amides is 2. The molecule has 0 heterocycles. The van der Waals surface area contributed by atoms with E-state index in [0.29, 0.717) is 21.3 Å². The molecule has 0 saturated heterocycles. The van der Waals surface area contributed by atoms with Gasteiger partial charge in [0.25, 0.3) is 0 Å². The van der Waals surface area contributed by atoms with Gasteiger partial charge in [0.1, 0.15) is 5.82 Å². The lowest BCUT2D eigenvalue weighted by Crippen LogP contribution is -2.35. The summed E-state index contributed by atoms with van der Waals surface area (Å²) in [4.78, 5) is 25.1. The van der Waals surface area contributed by atoms with Crippen molar-refractivity contribution < 1.29 is 14.0 Å². The van der Waals surface area contributed by atoms with Gasteiger partial charge >= 0.3 is 0 Å². The van der Waals surface area contributed by atoms with E-state index in [1.165, 1.54) is 29.2 Å². The second-order valence-corrected chi connectivity index (χ2v) is 5.93. The van der Waals surface area contributed by atoms with Crippen LogP contribution in [0.3, 0.4) is 0 Å². The van der Waals surface area contributed by atoms with Crippen molar-refractivity contribution >= 4 is 40.7 Å². The maximum absolute atomic E-state index is 13.1. The standard InChI is InChI=1S/C17H15Cl2FN2O2/c18-14-2-1-3-15(19)13(14)10-17(24)22(9-8-16(21)23)12-6-4-11(20)5-7-12/h1-7H,8-10H2,(H2,21,23). The van der Waals surface area contributed by atoms with E-state index in [1.54, 1.807) is 18.2 Å². The predicted octanol–water partition coefficient (Wildman–Crippen LogP) is 3.58. The van der Waals surface area contributed by atoms with Crippen LogP contribution in [0.15, 0.2) is 42.5 Å². The van der Waals surface area contributed by atoms with Gasteiger partial charge in [0.05, 0.1) is 6.42 Å². The first-order valence-electron chi connectivity index (χ1n) is 7.15. The molecule has 126 valence electrons. The molecule has 2 N–H and O–H groups in total. The number of hydrogen-bond acceptors (Lipinski definition) is 2. The number of rotatable bonds is 6. The van der Waals surface area contributed by atoms with E-state index in [-0.39, 0.29) is 25.3 Å². The van der Waals surface area contributed by atoms with Gasteiger partial charge in [-0.15, -0.1) is 0 Å². The number of anilines is 1. The molecular formula is C17H15Cl2FN2O2. The van der Waals surface area contributed by atoms with Crippen molar-refractivity contribution in [2.24, 2.45) is 5.73 Å². The van der Waals surface area contributed by atoms with Crippen molar-refractivity contribution in [2.45, 2.75) is 12.8 Å². The molecule has 0 aliphatic rings.